The SMILES string of the molecule is NC1CCN(c2c(Cl)cnc3ccc(Br)cc23)CC1O. The molecule has 1 aromatic carbocycles. The number of aromatic nitrogens is 1. The van der Waals surface area contributed by atoms with Gasteiger partial charge in [-0.05, 0) is 24.6 Å². The summed E-state index contributed by atoms with van der Waals surface area (Å²) < 4.78 is 0.976. The number of aliphatic hydroxyl groups is 1. The van der Waals surface area contributed by atoms with Gasteiger partial charge in [-0.1, -0.05) is 27.5 Å². The Morgan fingerprint density at radius 3 is 3.00 bits per heavy atom. The molecule has 2 unspecified atom stereocenters. The molecule has 2 atom stereocenters. The molecular formula is C14H15BrClN3O. The minimum absolute atomic E-state index is 0.162. The van der Waals surface area contributed by atoms with Gasteiger partial charge in [0.05, 0.1) is 22.3 Å². The minimum Gasteiger partial charge on any atom is -0.390 e. The highest BCUT2D eigenvalue weighted by Crippen LogP contribution is 2.35. The first-order valence-electron chi connectivity index (χ1n) is 6.48. The highest BCUT2D eigenvalue weighted by Gasteiger charge is 2.27. The van der Waals surface area contributed by atoms with Gasteiger partial charge < -0.3 is 15.7 Å². The summed E-state index contributed by atoms with van der Waals surface area (Å²) in [5.74, 6) is 0. The molecule has 1 aliphatic heterocycles. The Morgan fingerprint density at radius 1 is 1.45 bits per heavy atom. The van der Waals surface area contributed by atoms with Gasteiger partial charge in [-0.2, -0.15) is 0 Å². The number of anilines is 1. The van der Waals surface area contributed by atoms with Crippen LogP contribution in [0.1, 0.15) is 6.42 Å². The van der Waals surface area contributed by atoms with Crippen molar-refractivity contribution < 1.29 is 5.11 Å². The van der Waals surface area contributed by atoms with Crippen LogP contribution in [0.4, 0.5) is 5.69 Å². The zero-order chi connectivity index (χ0) is 14.3. The molecule has 1 aromatic heterocycles. The maximum atomic E-state index is 9.99. The normalized spacial score (nSPS) is 23.3. The number of benzene rings is 1. The third-order valence-corrected chi connectivity index (χ3v) is 4.48. The summed E-state index contributed by atoms with van der Waals surface area (Å²) in [7, 11) is 0. The van der Waals surface area contributed by atoms with Crippen LogP contribution < -0.4 is 10.6 Å². The number of aliphatic hydroxyl groups excluding tert-OH is 1. The largest absolute Gasteiger partial charge is 0.390 e. The van der Waals surface area contributed by atoms with Crippen molar-refractivity contribution in [3.8, 4) is 0 Å². The van der Waals surface area contributed by atoms with Crippen molar-refractivity contribution in [2.24, 2.45) is 5.73 Å². The van der Waals surface area contributed by atoms with E-state index in [2.05, 4.69) is 25.8 Å². The number of nitrogens with zero attached hydrogens (tertiary/aromatic N) is 2. The molecule has 1 aliphatic rings. The molecule has 1 saturated heterocycles. The number of piperidine rings is 1. The number of β-amino-alcohol motifs (C(OH)–C–C–N with tert-alkyl or cyclic N) is 1. The molecule has 106 valence electrons. The highest BCUT2D eigenvalue weighted by atomic mass is 79.9. The van der Waals surface area contributed by atoms with E-state index in [4.69, 9.17) is 17.3 Å². The molecule has 0 bridgehead atoms. The van der Waals surface area contributed by atoms with Crippen molar-refractivity contribution in [2.45, 2.75) is 18.6 Å². The molecule has 20 heavy (non-hydrogen) atoms. The average molecular weight is 357 g/mol. The van der Waals surface area contributed by atoms with Crippen LogP contribution in [0.2, 0.25) is 5.02 Å². The lowest BCUT2D eigenvalue weighted by atomic mass is 10.0. The van der Waals surface area contributed by atoms with Crippen molar-refractivity contribution in [3.05, 3.63) is 33.9 Å². The van der Waals surface area contributed by atoms with E-state index in [-0.39, 0.29) is 6.04 Å². The van der Waals surface area contributed by atoms with Gasteiger partial charge in [0, 0.05) is 35.2 Å². The second-order valence-corrected chi connectivity index (χ2v) is 6.40. The van der Waals surface area contributed by atoms with Crippen molar-refractivity contribution in [1.29, 1.82) is 0 Å². The molecule has 0 radical (unpaired) electrons. The summed E-state index contributed by atoms with van der Waals surface area (Å²) in [6, 6.07) is 5.74. The summed E-state index contributed by atoms with van der Waals surface area (Å²) >= 11 is 9.82. The first-order chi connectivity index (χ1) is 9.56. The summed E-state index contributed by atoms with van der Waals surface area (Å²) in [5.41, 5.74) is 7.67. The number of hydrogen-bond acceptors (Lipinski definition) is 4. The van der Waals surface area contributed by atoms with Crippen molar-refractivity contribution in [1.82, 2.24) is 4.98 Å². The molecule has 0 saturated carbocycles. The predicted octanol–water partition coefficient (Wildman–Crippen LogP) is 2.55. The lowest BCUT2D eigenvalue weighted by Gasteiger charge is -2.36. The standard InChI is InChI=1S/C14H15BrClN3O/c15-8-1-2-12-9(5-8)14(10(16)6-18-12)19-4-3-11(17)13(20)7-19/h1-2,5-6,11,13,20H,3-4,7,17H2. The van der Waals surface area contributed by atoms with Crippen molar-refractivity contribution >= 4 is 44.1 Å². The topological polar surface area (TPSA) is 62.4 Å². The molecule has 1 fully saturated rings. The maximum absolute atomic E-state index is 9.99. The second-order valence-electron chi connectivity index (χ2n) is 5.08. The fraction of sp³-hybridized carbons (Fsp3) is 0.357. The van der Waals surface area contributed by atoms with Gasteiger partial charge >= 0.3 is 0 Å². The lowest BCUT2D eigenvalue weighted by molar-refractivity contribution is 0.132. The molecule has 0 spiro atoms. The minimum atomic E-state index is -0.532. The van der Waals surface area contributed by atoms with Crippen LogP contribution in [-0.4, -0.2) is 35.3 Å². The van der Waals surface area contributed by atoms with Gasteiger partial charge in [0.1, 0.15) is 0 Å². The number of rotatable bonds is 1. The number of nitrogens with two attached hydrogens (primary N) is 1. The van der Waals surface area contributed by atoms with Crippen molar-refractivity contribution in [3.63, 3.8) is 0 Å². The molecule has 2 heterocycles. The smallest absolute Gasteiger partial charge is 0.0866 e. The Labute approximate surface area is 130 Å². The molecule has 4 nitrogen and oxygen atoms in total. The molecule has 2 aromatic rings. The van der Waals surface area contributed by atoms with Gasteiger partial charge in [0.25, 0.3) is 0 Å². The van der Waals surface area contributed by atoms with E-state index in [0.29, 0.717) is 11.6 Å². The van der Waals surface area contributed by atoms with E-state index in [1.165, 1.54) is 0 Å². The molecular weight excluding hydrogens is 342 g/mol. The van der Waals surface area contributed by atoms with Crippen LogP contribution in [0.15, 0.2) is 28.9 Å². The third kappa shape index (κ3) is 2.51. The Bertz CT molecular complexity index is 646. The number of halogens is 2. The van der Waals surface area contributed by atoms with E-state index < -0.39 is 6.10 Å². The van der Waals surface area contributed by atoms with E-state index >= 15 is 0 Å². The quantitative estimate of drug-likeness (QED) is 0.824. The number of pyridine rings is 1. The first kappa shape index (κ1) is 14.1. The number of hydrogen-bond donors (Lipinski definition) is 2. The molecule has 3 rings (SSSR count). The molecule has 6 heteroatoms. The Kier molecular flexibility index (Phi) is 3.86. The molecule has 3 N–H and O–H groups in total. The van der Waals surface area contributed by atoms with E-state index in [1.807, 2.05) is 18.2 Å². The van der Waals surface area contributed by atoms with E-state index in [1.54, 1.807) is 6.20 Å². The lowest BCUT2D eigenvalue weighted by Crippen LogP contribution is -2.50. The Hall–Kier alpha value is -0.880. The van der Waals surface area contributed by atoms with Gasteiger partial charge in [-0.25, -0.2) is 0 Å². The first-order valence-corrected chi connectivity index (χ1v) is 7.65. The monoisotopic (exact) mass is 355 g/mol. The van der Waals surface area contributed by atoms with Gasteiger partial charge in [-0.15, -0.1) is 0 Å². The summed E-state index contributed by atoms with van der Waals surface area (Å²) in [4.78, 5) is 6.43. The third-order valence-electron chi connectivity index (χ3n) is 3.71. The second kappa shape index (κ2) is 5.48. The summed E-state index contributed by atoms with van der Waals surface area (Å²) in [6.45, 7) is 1.27. The van der Waals surface area contributed by atoms with Crippen LogP contribution in [-0.2, 0) is 0 Å². The van der Waals surface area contributed by atoms with E-state index in [0.717, 1.165) is 34.0 Å². The maximum Gasteiger partial charge on any atom is 0.0866 e. The fourth-order valence-corrected chi connectivity index (χ4v) is 3.23. The summed E-state index contributed by atoms with van der Waals surface area (Å²) in [6.07, 6.45) is 1.87. The Balaban J connectivity index is 2.10. The fourth-order valence-electron chi connectivity index (χ4n) is 2.60. The Morgan fingerprint density at radius 2 is 2.25 bits per heavy atom. The molecule has 0 amide bonds. The van der Waals surface area contributed by atoms with Crippen LogP contribution in [0.3, 0.4) is 0 Å². The van der Waals surface area contributed by atoms with Gasteiger partial charge in [-0.3, -0.25) is 4.98 Å². The van der Waals surface area contributed by atoms with Gasteiger partial charge in [0.2, 0.25) is 0 Å². The zero-order valence-corrected chi connectivity index (χ0v) is 13.1. The van der Waals surface area contributed by atoms with Crippen LogP contribution >= 0.6 is 27.5 Å². The van der Waals surface area contributed by atoms with Crippen LogP contribution in [0.25, 0.3) is 10.9 Å². The highest BCUT2D eigenvalue weighted by molar-refractivity contribution is 9.10. The van der Waals surface area contributed by atoms with Crippen molar-refractivity contribution in [2.75, 3.05) is 18.0 Å². The predicted molar refractivity (Wildman–Crippen MR) is 85.3 cm³/mol. The zero-order valence-electron chi connectivity index (χ0n) is 10.8. The van der Waals surface area contributed by atoms with Crippen LogP contribution in [0.5, 0.6) is 0 Å². The molecule has 0 aliphatic carbocycles. The van der Waals surface area contributed by atoms with Gasteiger partial charge in [0.15, 0.2) is 0 Å². The van der Waals surface area contributed by atoms with Crippen LogP contribution in [0, 0.1) is 0 Å². The number of fused-ring (bicyclic) bond motifs is 1. The van der Waals surface area contributed by atoms with E-state index in [9.17, 15) is 5.11 Å². The summed E-state index contributed by atoms with van der Waals surface area (Å²) in [5, 5.41) is 11.6. The average Bonchev–Trinajstić information content (AvgIpc) is 2.42.